The number of nitrogens with one attached hydrogen (secondary N) is 1. The Bertz CT molecular complexity index is 130. The van der Waals surface area contributed by atoms with Gasteiger partial charge in [-0.25, -0.2) is 0 Å². The summed E-state index contributed by atoms with van der Waals surface area (Å²) in [5.41, 5.74) is 0.503. The highest BCUT2D eigenvalue weighted by Crippen LogP contribution is 2.36. The molecule has 0 spiro atoms. The topological polar surface area (TPSA) is 32.3 Å². The maximum atomic E-state index is 8.83. The minimum absolute atomic E-state index is 0.246. The fourth-order valence-electron chi connectivity index (χ4n) is 1.89. The molecule has 0 radical (unpaired) electrons. The van der Waals surface area contributed by atoms with Gasteiger partial charge in [-0.2, -0.15) is 0 Å². The van der Waals surface area contributed by atoms with Crippen molar-refractivity contribution in [2.75, 3.05) is 13.2 Å². The van der Waals surface area contributed by atoms with E-state index in [9.17, 15) is 0 Å². The third kappa shape index (κ3) is 2.76. The van der Waals surface area contributed by atoms with Gasteiger partial charge in [-0.05, 0) is 25.2 Å². The Morgan fingerprint density at radius 2 is 2.00 bits per heavy atom. The lowest BCUT2D eigenvalue weighted by molar-refractivity contribution is 0.227. The van der Waals surface area contributed by atoms with E-state index in [0.717, 1.165) is 6.54 Å². The fraction of sp³-hybridized carbons (Fsp3) is 1.00. The van der Waals surface area contributed by atoms with Gasteiger partial charge < -0.3 is 10.4 Å². The smallest absolute Gasteiger partial charge is 0.0581 e. The van der Waals surface area contributed by atoms with Crippen LogP contribution in [-0.4, -0.2) is 24.3 Å². The number of hydrogen-bond acceptors (Lipinski definition) is 2. The van der Waals surface area contributed by atoms with Gasteiger partial charge in [-0.15, -0.1) is 0 Å². The Hall–Kier alpha value is -0.0800. The summed E-state index contributed by atoms with van der Waals surface area (Å²) in [5, 5.41) is 12.2. The number of aliphatic hydroxyl groups is 1. The van der Waals surface area contributed by atoms with Gasteiger partial charge in [0.2, 0.25) is 0 Å². The van der Waals surface area contributed by atoms with E-state index in [0.29, 0.717) is 5.41 Å². The van der Waals surface area contributed by atoms with E-state index < -0.39 is 0 Å². The van der Waals surface area contributed by atoms with Gasteiger partial charge in [0.25, 0.3) is 0 Å². The number of aliphatic hydroxyl groups excluding tert-OH is 1. The lowest BCUT2D eigenvalue weighted by atomic mass is 9.89. The Morgan fingerprint density at radius 3 is 2.50 bits per heavy atom. The standard InChI is InChI=1S/C10H21NO/c1-9(7-12)11-8-10(2)5-3-4-6-10/h9,11-12H,3-8H2,1-2H3. The van der Waals surface area contributed by atoms with Crippen molar-refractivity contribution >= 4 is 0 Å². The molecule has 0 aromatic carbocycles. The van der Waals surface area contributed by atoms with Crippen LogP contribution >= 0.6 is 0 Å². The van der Waals surface area contributed by atoms with Crippen molar-refractivity contribution in [3.63, 3.8) is 0 Å². The minimum atomic E-state index is 0.246. The van der Waals surface area contributed by atoms with Gasteiger partial charge >= 0.3 is 0 Å². The SMILES string of the molecule is CC(CO)NCC1(C)CCCC1. The predicted molar refractivity (Wildman–Crippen MR) is 51.1 cm³/mol. The zero-order valence-corrected chi connectivity index (χ0v) is 8.27. The fourth-order valence-corrected chi connectivity index (χ4v) is 1.89. The Kier molecular flexibility index (Phi) is 3.53. The normalized spacial score (nSPS) is 24.2. The first kappa shape index (κ1) is 10.0. The molecule has 72 valence electrons. The molecule has 0 heterocycles. The van der Waals surface area contributed by atoms with E-state index in [1.807, 2.05) is 6.92 Å². The second-order valence-electron chi connectivity index (χ2n) is 4.48. The monoisotopic (exact) mass is 171 g/mol. The molecule has 1 aliphatic rings. The lowest BCUT2D eigenvalue weighted by Crippen LogP contribution is -2.37. The second-order valence-corrected chi connectivity index (χ2v) is 4.48. The average Bonchev–Trinajstić information content (AvgIpc) is 2.49. The molecule has 0 bridgehead atoms. The second kappa shape index (κ2) is 4.24. The van der Waals surface area contributed by atoms with Crippen LogP contribution in [0.4, 0.5) is 0 Å². The van der Waals surface area contributed by atoms with E-state index in [1.54, 1.807) is 0 Å². The van der Waals surface area contributed by atoms with Crippen LogP contribution in [0.5, 0.6) is 0 Å². The van der Waals surface area contributed by atoms with Crippen LogP contribution in [0.1, 0.15) is 39.5 Å². The molecule has 1 fully saturated rings. The molecule has 0 aromatic rings. The molecule has 1 saturated carbocycles. The van der Waals surface area contributed by atoms with Gasteiger partial charge in [0.15, 0.2) is 0 Å². The summed E-state index contributed by atoms with van der Waals surface area (Å²) in [6.07, 6.45) is 5.45. The first-order valence-corrected chi connectivity index (χ1v) is 5.00. The van der Waals surface area contributed by atoms with Gasteiger partial charge in [0.1, 0.15) is 0 Å². The first-order valence-electron chi connectivity index (χ1n) is 5.00. The maximum Gasteiger partial charge on any atom is 0.0581 e. The zero-order chi connectivity index (χ0) is 9.03. The van der Waals surface area contributed by atoms with E-state index >= 15 is 0 Å². The van der Waals surface area contributed by atoms with Gasteiger partial charge in [-0.3, -0.25) is 0 Å². The molecule has 0 saturated heterocycles. The van der Waals surface area contributed by atoms with Gasteiger partial charge in [0.05, 0.1) is 6.61 Å². The van der Waals surface area contributed by atoms with Crippen LogP contribution < -0.4 is 5.32 Å². The molecule has 1 unspecified atom stereocenters. The summed E-state index contributed by atoms with van der Waals surface area (Å²) in [6.45, 7) is 5.68. The van der Waals surface area contributed by atoms with Gasteiger partial charge in [0, 0.05) is 12.6 Å². The van der Waals surface area contributed by atoms with E-state index in [2.05, 4.69) is 12.2 Å². The van der Waals surface area contributed by atoms with E-state index in [-0.39, 0.29) is 12.6 Å². The van der Waals surface area contributed by atoms with Crippen molar-refractivity contribution in [2.24, 2.45) is 5.41 Å². The molecular weight excluding hydrogens is 150 g/mol. The van der Waals surface area contributed by atoms with Crippen LogP contribution in [0.2, 0.25) is 0 Å². The Labute approximate surface area is 75.4 Å². The van der Waals surface area contributed by atoms with E-state index in [4.69, 9.17) is 5.11 Å². The van der Waals surface area contributed by atoms with Crippen molar-refractivity contribution in [1.82, 2.24) is 5.32 Å². The summed E-state index contributed by atoms with van der Waals surface area (Å²) >= 11 is 0. The lowest BCUT2D eigenvalue weighted by Gasteiger charge is -2.25. The molecule has 12 heavy (non-hydrogen) atoms. The molecule has 1 rings (SSSR count). The molecule has 1 aliphatic carbocycles. The third-order valence-electron chi connectivity index (χ3n) is 2.96. The minimum Gasteiger partial charge on any atom is -0.395 e. The van der Waals surface area contributed by atoms with Crippen LogP contribution in [-0.2, 0) is 0 Å². The molecule has 2 heteroatoms. The van der Waals surface area contributed by atoms with Crippen molar-refractivity contribution in [2.45, 2.75) is 45.6 Å². The summed E-state index contributed by atoms with van der Waals surface area (Å²) in [7, 11) is 0. The highest BCUT2D eigenvalue weighted by atomic mass is 16.3. The van der Waals surface area contributed by atoms with E-state index in [1.165, 1.54) is 25.7 Å². The maximum absolute atomic E-state index is 8.83. The highest BCUT2D eigenvalue weighted by Gasteiger charge is 2.28. The molecule has 2 nitrogen and oxygen atoms in total. The molecule has 0 aliphatic heterocycles. The van der Waals surface area contributed by atoms with Crippen molar-refractivity contribution < 1.29 is 5.11 Å². The first-order chi connectivity index (χ1) is 5.66. The zero-order valence-electron chi connectivity index (χ0n) is 8.27. The predicted octanol–water partition coefficient (Wildman–Crippen LogP) is 1.54. The quantitative estimate of drug-likeness (QED) is 0.672. The summed E-state index contributed by atoms with van der Waals surface area (Å²) in [5.74, 6) is 0. The van der Waals surface area contributed by atoms with Gasteiger partial charge in [-0.1, -0.05) is 19.8 Å². The summed E-state index contributed by atoms with van der Waals surface area (Å²) < 4.78 is 0. The van der Waals surface area contributed by atoms with Crippen LogP contribution in [0.3, 0.4) is 0 Å². The highest BCUT2D eigenvalue weighted by molar-refractivity contribution is 4.83. The molecule has 2 N–H and O–H groups in total. The van der Waals surface area contributed by atoms with Crippen molar-refractivity contribution in [3.05, 3.63) is 0 Å². The summed E-state index contributed by atoms with van der Waals surface area (Å²) in [6, 6.07) is 0.252. The molecule has 0 aromatic heterocycles. The average molecular weight is 171 g/mol. The third-order valence-corrected chi connectivity index (χ3v) is 2.96. The Morgan fingerprint density at radius 1 is 1.42 bits per heavy atom. The number of hydrogen-bond donors (Lipinski definition) is 2. The Balaban J connectivity index is 2.21. The van der Waals surface area contributed by atoms with Crippen LogP contribution in [0.25, 0.3) is 0 Å². The molecule has 0 amide bonds. The van der Waals surface area contributed by atoms with Crippen LogP contribution in [0.15, 0.2) is 0 Å². The van der Waals surface area contributed by atoms with Crippen molar-refractivity contribution in [3.8, 4) is 0 Å². The summed E-state index contributed by atoms with van der Waals surface area (Å²) in [4.78, 5) is 0. The van der Waals surface area contributed by atoms with Crippen molar-refractivity contribution in [1.29, 1.82) is 0 Å². The molecule has 1 atom stereocenters. The largest absolute Gasteiger partial charge is 0.395 e. The van der Waals surface area contributed by atoms with Crippen LogP contribution in [0, 0.1) is 5.41 Å². The number of rotatable bonds is 4. The molecular formula is C10H21NO.